The Morgan fingerprint density at radius 2 is 1.75 bits per heavy atom. The van der Waals surface area contributed by atoms with Gasteiger partial charge in [-0.05, 0) is 55.6 Å². The molecule has 0 radical (unpaired) electrons. The van der Waals surface area contributed by atoms with Crippen molar-refractivity contribution >= 4 is 23.4 Å². The lowest BCUT2D eigenvalue weighted by Crippen LogP contribution is -2.47. The molecule has 1 aliphatic heterocycles. The van der Waals surface area contributed by atoms with E-state index >= 15 is 0 Å². The molecule has 0 unspecified atom stereocenters. The van der Waals surface area contributed by atoms with Crippen LogP contribution in [0, 0.1) is 5.82 Å². The number of piperazine rings is 1. The number of thioether (sulfide) groups is 1. The van der Waals surface area contributed by atoms with E-state index < -0.39 is 0 Å². The number of hydrogen-bond donors (Lipinski definition) is 1. The van der Waals surface area contributed by atoms with E-state index in [4.69, 9.17) is 0 Å². The number of amides is 1. The van der Waals surface area contributed by atoms with Crippen molar-refractivity contribution in [2.45, 2.75) is 11.6 Å². The molecular weight excluding hydrogens is 425 g/mol. The highest BCUT2D eigenvalue weighted by atomic mass is 32.2. The quantitative estimate of drug-likeness (QED) is 0.417. The van der Waals surface area contributed by atoms with Crippen molar-refractivity contribution in [3.8, 4) is 5.69 Å². The Morgan fingerprint density at radius 3 is 2.44 bits per heavy atom. The third kappa shape index (κ3) is 5.31. The number of imidazole rings is 1. The van der Waals surface area contributed by atoms with Gasteiger partial charge in [-0.1, -0.05) is 30.0 Å². The largest absolute Gasteiger partial charge is 0.369 e. The lowest BCUT2D eigenvalue weighted by Gasteiger charge is -2.36. The Kier molecular flexibility index (Phi) is 7.44. The van der Waals surface area contributed by atoms with Crippen molar-refractivity contribution in [1.29, 1.82) is 0 Å². The summed E-state index contributed by atoms with van der Waals surface area (Å²) in [4.78, 5) is 22.0. The molecule has 8 heteroatoms. The van der Waals surface area contributed by atoms with Crippen molar-refractivity contribution in [3.05, 3.63) is 72.3 Å². The molecular formula is C24H28FN5OS. The number of halogens is 1. The molecule has 3 aromatic rings. The van der Waals surface area contributed by atoms with Gasteiger partial charge in [0, 0.05) is 44.1 Å². The first-order valence-corrected chi connectivity index (χ1v) is 12.1. The van der Waals surface area contributed by atoms with Crippen LogP contribution in [-0.2, 0) is 0 Å². The van der Waals surface area contributed by atoms with Crippen LogP contribution in [0.3, 0.4) is 0 Å². The molecule has 168 valence electrons. The zero-order valence-corrected chi connectivity index (χ0v) is 19.0. The van der Waals surface area contributed by atoms with Gasteiger partial charge in [0.15, 0.2) is 5.16 Å². The van der Waals surface area contributed by atoms with Gasteiger partial charge >= 0.3 is 0 Å². The molecule has 1 saturated heterocycles. The number of carbonyl (C=O) groups excluding carboxylic acids is 1. The van der Waals surface area contributed by atoms with Crippen molar-refractivity contribution in [2.75, 3.05) is 50.4 Å². The van der Waals surface area contributed by atoms with Crippen LogP contribution in [0.5, 0.6) is 0 Å². The number of nitrogens with zero attached hydrogens (tertiary/aromatic N) is 4. The Hall–Kier alpha value is -2.84. The number of carbonyl (C=O) groups is 1. The molecule has 0 bridgehead atoms. The first-order valence-electron chi connectivity index (χ1n) is 10.8. The summed E-state index contributed by atoms with van der Waals surface area (Å²) in [5.41, 5.74) is 2.45. The molecule has 32 heavy (non-hydrogen) atoms. The van der Waals surface area contributed by atoms with Crippen molar-refractivity contribution in [3.63, 3.8) is 0 Å². The van der Waals surface area contributed by atoms with E-state index in [1.807, 2.05) is 12.3 Å². The lowest BCUT2D eigenvalue weighted by atomic mass is 10.2. The van der Waals surface area contributed by atoms with Crippen LogP contribution >= 0.6 is 11.8 Å². The average molecular weight is 454 g/mol. The Labute approximate surface area is 192 Å². The first-order chi connectivity index (χ1) is 15.7. The van der Waals surface area contributed by atoms with Crippen molar-refractivity contribution in [2.24, 2.45) is 0 Å². The number of para-hydroxylation sites is 1. The second-order valence-corrected chi connectivity index (χ2v) is 8.49. The molecule has 0 spiro atoms. The monoisotopic (exact) mass is 453 g/mol. The van der Waals surface area contributed by atoms with Crippen LogP contribution in [-0.4, -0.2) is 65.9 Å². The minimum Gasteiger partial charge on any atom is -0.369 e. The number of nitrogens with one attached hydrogen (secondary N) is 1. The molecule has 1 amide bonds. The smallest absolute Gasteiger partial charge is 0.269 e. The van der Waals surface area contributed by atoms with Crippen LogP contribution in [0.1, 0.15) is 16.9 Å². The van der Waals surface area contributed by atoms with Crippen LogP contribution in [0.15, 0.2) is 66.0 Å². The molecule has 0 aliphatic carbocycles. The third-order valence-corrected chi connectivity index (χ3v) is 6.31. The SMILES string of the molecule is CSc1ncc(C(=O)NCCCN2CCN(c3ccccc3)CC2)n1-c1ccc(F)cc1. The van der Waals surface area contributed by atoms with Gasteiger partial charge < -0.3 is 10.2 Å². The molecule has 6 nitrogen and oxygen atoms in total. The van der Waals surface area contributed by atoms with Crippen LogP contribution in [0.4, 0.5) is 10.1 Å². The fraction of sp³-hybridized carbons (Fsp3) is 0.333. The van der Waals surface area contributed by atoms with Gasteiger partial charge in [-0.3, -0.25) is 14.3 Å². The first kappa shape index (κ1) is 22.4. The minimum atomic E-state index is -0.310. The normalized spacial score (nSPS) is 14.5. The number of rotatable bonds is 8. The van der Waals surface area contributed by atoms with Gasteiger partial charge in [-0.25, -0.2) is 9.37 Å². The Bertz CT molecular complexity index is 1020. The standard InChI is InChI=1S/C24H28FN5OS/c1-32-24-27-18-22(30(24)21-10-8-19(25)9-11-21)23(31)26-12-5-13-28-14-16-29(17-15-28)20-6-3-2-4-7-20/h2-4,6-11,18H,5,12-17H2,1H3,(H,26,31). The summed E-state index contributed by atoms with van der Waals surface area (Å²) < 4.78 is 15.1. The van der Waals surface area contributed by atoms with E-state index in [9.17, 15) is 9.18 Å². The number of aromatic nitrogens is 2. The summed E-state index contributed by atoms with van der Waals surface area (Å²) in [6, 6.07) is 16.6. The summed E-state index contributed by atoms with van der Waals surface area (Å²) in [6.07, 6.45) is 4.37. The van der Waals surface area contributed by atoms with Crippen molar-refractivity contribution < 1.29 is 9.18 Å². The fourth-order valence-corrected chi connectivity index (χ4v) is 4.49. The van der Waals surface area contributed by atoms with Gasteiger partial charge in [0.2, 0.25) is 0 Å². The van der Waals surface area contributed by atoms with Gasteiger partial charge in [-0.15, -0.1) is 0 Å². The van der Waals surface area contributed by atoms with Crippen LogP contribution in [0.2, 0.25) is 0 Å². The molecule has 4 rings (SSSR count). The molecule has 0 saturated carbocycles. The van der Waals surface area contributed by atoms with Crippen LogP contribution < -0.4 is 10.2 Å². The van der Waals surface area contributed by atoms with E-state index in [0.717, 1.165) is 44.8 Å². The zero-order chi connectivity index (χ0) is 22.3. The van der Waals surface area contributed by atoms with Gasteiger partial charge in [0.25, 0.3) is 5.91 Å². The third-order valence-electron chi connectivity index (χ3n) is 5.66. The predicted octanol–water partition coefficient (Wildman–Crippen LogP) is 3.68. The number of benzene rings is 2. The van der Waals surface area contributed by atoms with E-state index in [-0.39, 0.29) is 11.7 Å². The molecule has 1 N–H and O–H groups in total. The van der Waals surface area contributed by atoms with E-state index in [0.29, 0.717) is 17.4 Å². The lowest BCUT2D eigenvalue weighted by molar-refractivity contribution is 0.0944. The maximum Gasteiger partial charge on any atom is 0.269 e. The topological polar surface area (TPSA) is 53.4 Å². The minimum absolute atomic E-state index is 0.170. The van der Waals surface area contributed by atoms with Gasteiger partial charge in [0.1, 0.15) is 11.5 Å². The van der Waals surface area contributed by atoms with E-state index in [2.05, 4.69) is 44.4 Å². The summed E-state index contributed by atoms with van der Waals surface area (Å²) in [6.45, 7) is 5.64. The molecule has 2 heterocycles. The van der Waals surface area contributed by atoms with Gasteiger partial charge in [-0.2, -0.15) is 0 Å². The molecule has 1 fully saturated rings. The fourth-order valence-electron chi connectivity index (χ4n) is 3.94. The summed E-state index contributed by atoms with van der Waals surface area (Å²) in [5.74, 6) is -0.480. The summed E-state index contributed by atoms with van der Waals surface area (Å²) in [5, 5.41) is 3.70. The summed E-state index contributed by atoms with van der Waals surface area (Å²) >= 11 is 1.45. The zero-order valence-electron chi connectivity index (χ0n) is 18.2. The maximum atomic E-state index is 13.3. The van der Waals surface area contributed by atoms with Crippen molar-refractivity contribution in [1.82, 2.24) is 19.8 Å². The summed E-state index contributed by atoms with van der Waals surface area (Å²) in [7, 11) is 0. The maximum absolute atomic E-state index is 13.3. The second kappa shape index (κ2) is 10.7. The van der Waals surface area contributed by atoms with E-state index in [1.54, 1.807) is 22.9 Å². The van der Waals surface area contributed by atoms with Crippen LogP contribution in [0.25, 0.3) is 5.69 Å². The number of hydrogen-bond acceptors (Lipinski definition) is 5. The number of anilines is 1. The average Bonchev–Trinajstić information content (AvgIpc) is 3.27. The highest BCUT2D eigenvalue weighted by Gasteiger charge is 2.19. The molecule has 1 aromatic heterocycles. The molecule has 0 atom stereocenters. The predicted molar refractivity (Wildman–Crippen MR) is 127 cm³/mol. The Morgan fingerprint density at radius 1 is 1.03 bits per heavy atom. The molecule has 1 aliphatic rings. The second-order valence-electron chi connectivity index (χ2n) is 7.72. The Balaban J connectivity index is 1.26. The highest BCUT2D eigenvalue weighted by molar-refractivity contribution is 7.98. The van der Waals surface area contributed by atoms with E-state index in [1.165, 1.54) is 29.6 Å². The van der Waals surface area contributed by atoms with Gasteiger partial charge in [0.05, 0.1) is 6.20 Å². The highest BCUT2D eigenvalue weighted by Crippen LogP contribution is 2.22. The molecule has 2 aromatic carbocycles.